The van der Waals surface area contributed by atoms with E-state index in [-0.39, 0.29) is 0 Å². The zero-order valence-electron chi connectivity index (χ0n) is 15.9. The van der Waals surface area contributed by atoms with Crippen molar-refractivity contribution < 1.29 is 0 Å². The van der Waals surface area contributed by atoms with Crippen molar-refractivity contribution >= 4 is 11.0 Å². The van der Waals surface area contributed by atoms with Crippen LogP contribution in [0.1, 0.15) is 45.6 Å². The summed E-state index contributed by atoms with van der Waals surface area (Å²) in [5, 5.41) is 0. The number of hydrogen-bond donors (Lipinski definition) is 0. The van der Waals surface area contributed by atoms with Crippen LogP contribution in [0.4, 0.5) is 0 Å². The van der Waals surface area contributed by atoms with Gasteiger partial charge in [0.1, 0.15) is 5.69 Å². The van der Waals surface area contributed by atoms with Crippen molar-refractivity contribution in [2.24, 2.45) is 0 Å². The fourth-order valence-electron chi connectivity index (χ4n) is 4.08. The van der Waals surface area contributed by atoms with Crippen molar-refractivity contribution in [1.82, 2.24) is 24.0 Å². The molecule has 1 aromatic carbocycles. The van der Waals surface area contributed by atoms with Crippen molar-refractivity contribution in [1.29, 1.82) is 0 Å². The maximum absolute atomic E-state index is 4.93. The normalized spacial score (nSPS) is 16.0. The van der Waals surface area contributed by atoms with E-state index < -0.39 is 0 Å². The number of likely N-dealkylation sites (tertiary alicyclic amines) is 1. The highest BCUT2D eigenvalue weighted by Crippen LogP contribution is 2.28. The van der Waals surface area contributed by atoms with Gasteiger partial charge in [-0.1, -0.05) is 18.6 Å². The monoisotopic (exact) mass is 351 g/mol. The lowest BCUT2D eigenvalue weighted by Gasteiger charge is -2.26. The Morgan fingerprint density at radius 1 is 1.04 bits per heavy atom. The number of para-hydroxylation sites is 2. The second kappa shape index (κ2) is 7.62. The molecule has 5 nitrogen and oxygen atoms in total. The lowest BCUT2D eigenvalue weighted by atomic mass is 10.1. The van der Waals surface area contributed by atoms with E-state index in [1.807, 2.05) is 12.5 Å². The molecule has 1 saturated heterocycles. The third kappa shape index (κ3) is 3.40. The third-order valence-electron chi connectivity index (χ3n) is 5.38. The van der Waals surface area contributed by atoms with E-state index in [0.29, 0.717) is 6.04 Å². The number of nitrogens with zero attached hydrogens (tertiary/aromatic N) is 5. The summed E-state index contributed by atoms with van der Waals surface area (Å²) in [7, 11) is 0. The minimum atomic E-state index is 0.356. The van der Waals surface area contributed by atoms with E-state index >= 15 is 0 Å². The number of piperidine rings is 1. The van der Waals surface area contributed by atoms with Crippen molar-refractivity contribution in [3.63, 3.8) is 0 Å². The molecule has 0 aliphatic carbocycles. The first-order chi connectivity index (χ1) is 12.7. The standard InChI is InChI=1S/C21H29N5/c1-17(2)26-19-10-5-4-9-18(19)23-21(26)20-15-22-16-25(20)14-8-13-24-11-6-3-7-12-24/h4-5,9-10,15-17H,3,6-8,11-14H2,1-2H3. The highest BCUT2D eigenvalue weighted by Gasteiger charge is 2.18. The molecule has 26 heavy (non-hydrogen) atoms. The number of aromatic nitrogens is 4. The summed E-state index contributed by atoms with van der Waals surface area (Å²) < 4.78 is 4.59. The van der Waals surface area contributed by atoms with Crippen molar-refractivity contribution in [3.8, 4) is 11.5 Å². The van der Waals surface area contributed by atoms with Gasteiger partial charge in [0, 0.05) is 12.6 Å². The molecule has 1 fully saturated rings. The van der Waals surface area contributed by atoms with Gasteiger partial charge < -0.3 is 14.0 Å². The largest absolute Gasteiger partial charge is 0.328 e. The molecular weight excluding hydrogens is 322 g/mol. The smallest absolute Gasteiger partial charge is 0.159 e. The van der Waals surface area contributed by atoms with E-state index in [9.17, 15) is 0 Å². The molecule has 0 saturated carbocycles. The lowest BCUT2D eigenvalue weighted by Crippen LogP contribution is -2.31. The fraction of sp³-hybridized carbons (Fsp3) is 0.524. The summed E-state index contributed by atoms with van der Waals surface area (Å²) in [5.41, 5.74) is 3.37. The van der Waals surface area contributed by atoms with Crippen LogP contribution in [0, 0.1) is 0 Å². The Morgan fingerprint density at radius 3 is 2.65 bits per heavy atom. The number of aryl methyl sites for hydroxylation is 1. The average Bonchev–Trinajstić information content (AvgIpc) is 3.26. The predicted octanol–water partition coefficient (Wildman–Crippen LogP) is 4.36. The van der Waals surface area contributed by atoms with E-state index in [2.05, 4.69) is 57.1 Å². The molecule has 138 valence electrons. The van der Waals surface area contributed by atoms with Gasteiger partial charge in [0.25, 0.3) is 0 Å². The van der Waals surface area contributed by atoms with Crippen LogP contribution in [-0.2, 0) is 6.54 Å². The van der Waals surface area contributed by atoms with Crippen LogP contribution < -0.4 is 0 Å². The van der Waals surface area contributed by atoms with Crippen LogP contribution in [0.15, 0.2) is 36.8 Å². The Hall–Kier alpha value is -2.14. The molecule has 0 radical (unpaired) electrons. The molecule has 0 amide bonds. The second-order valence-corrected chi connectivity index (χ2v) is 7.62. The molecule has 0 unspecified atom stereocenters. The maximum atomic E-state index is 4.93. The van der Waals surface area contributed by atoms with Crippen molar-refractivity contribution in [3.05, 3.63) is 36.8 Å². The molecule has 4 rings (SSSR count). The van der Waals surface area contributed by atoms with Crippen LogP contribution in [0.5, 0.6) is 0 Å². The van der Waals surface area contributed by atoms with Gasteiger partial charge in [-0.15, -0.1) is 0 Å². The van der Waals surface area contributed by atoms with Crippen LogP contribution in [0.3, 0.4) is 0 Å². The van der Waals surface area contributed by atoms with E-state index in [0.717, 1.165) is 30.0 Å². The van der Waals surface area contributed by atoms with Crippen LogP contribution in [0.2, 0.25) is 0 Å². The zero-order valence-corrected chi connectivity index (χ0v) is 15.9. The molecule has 3 heterocycles. The van der Waals surface area contributed by atoms with Gasteiger partial charge in [0.15, 0.2) is 5.82 Å². The first-order valence-corrected chi connectivity index (χ1v) is 9.94. The molecule has 1 aliphatic heterocycles. The highest BCUT2D eigenvalue weighted by atomic mass is 15.2. The van der Waals surface area contributed by atoms with Gasteiger partial charge in [-0.25, -0.2) is 9.97 Å². The molecule has 0 bridgehead atoms. The van der Waals surface area contributed by atoms with Gasteiger partial charge in [-0.05, 0) is 64.9 Å². The molecule has 0 spiro atoms. The van der Waals surface area contributed by atoms with Gasteiger partial charge in [-0.2, -0.15) is 0 Å². The number of hydrogen-bond acceptors (Lipinski definition) is 3. The summed E-state index contributed by atoms with van der Waals surface area (Å²) in [5.74, 6) is 1.02. The topological polar surface area (TPSA) is 38.9 Å². The van der Waals surface area contributed by atoms with Gasteiger partial charge in [-0.3, -0.25) is 0 Å². The average molecular weight is 351 g/mol. The SMILES string of the molecule is CC(C)n1c(-c2cncn2CCCN2CCCCC2)nc2ccccc21. The van der Waals surface area contributed by atoms with E-state index in [1.165, 1.54) is 44.4 Å². The minimum absolute atomic E-state index is 0.356. The van der Waals surface area contributed by atoms with Crippen molar-refractivity contribution in [2.45, 2.75) is 52.1 Å². The number of rotatable bonds is 6. The maximum Gasteiger partial charge on any atom is 0.159 e. The van der Waals surface area contributed by atoms with Gasteiger partial charge >= 0.3 is 0 Å². The van der Waals surface area contributed by atoms with E-state index in [4.69, 9.17) is 4.98 Å². The molecule has 1 aliphatic rings. The molecule has 2 aromatic heterocycles. The van der Waals surface area contributed by atoms with Gasteiger partial charge in [0.05, 0.1) is 23.6 Å². The Labute approximate surface area is 155 Å². The van der Waals surface area contributed by atoms with Crippen LogP contribution in [0.25, 0.3) is 22.6 Å². The molecule has 5 heteroatoms. The minimum Gasteiger partial charge on any atom is -0.328 e. The fourth-order valence-corrected chi connectivity index (χ4v) is 4.08. The number of benzene rings is 1. The Morgan fingerprint density at radius 2 is 1.85 bits per heavy atom. The second-order valence-electron chi connectivity index (χ2n) is 7.62. The lowest BCUT2D eigenvalue weighted by molar-refractivity contribution is 0.223. The van der Waals surface area contributed by atoms with Crippen LogP contribution in [-0.4, -0.2) is 43.6 Å². The summed E-state index contributed by atoms with van der Waals surface area (Å²) in [4.78, 5) is 12.0. The summed E-state index contributed by atoms with van der Waals surface area (Å²) in [6.45, 7) is 9.13. The third-order valence-corrected chi connectivity index (χ3v) is 5.38. The highest BCUT2D eigenvalue weighted by molar-refractivity contribution is 5.80. The zero-order chi connectivity index (χ0) is 17.9. The molecular formula is C21H29N5. The molecule has 3 aromatic rings. The van der Waals surface area contributed by atoms with Crippen molar-refractivity contribution in [2.75, 3.05) is 19.6 Å². The Bertz CT molecular complexity index is 854. The number of fused-ring (bicyclic) bond motifs is 1. The summed E-state index contributed by atoms with van der Waals surface area (Å²) >= 11 is 0. The molecule has 0 N–H and O–H groups in total. The summed E-state index contributed by atoms with van der Waals surface area (Å²) in [6.07, 6.45) is 9.18. The van der Waals surface area contributed by atoms with Crippen LogP contribution >= 0.6 is 0 Å². The van der Waals surface area contributed by atoms with E-state index in [1.54, 1.807) is 0 Å². The Balaban J connectivity index is 1.56. The first kappa shape index (κ1) is 17.3. The molecule has 0 atom stereocenters. The first-order valence-electron chi connectivity index (χ1n) is 9.94. The number of imidazole rings is 2. The quantitative estimate of drug-likeness (QED) is 0.662. The summed E-state index contributed by atoms with van der Waals surface area (Å²) in [6, 6.07) is 8.74. The predicted molar refractivity (Wildman–Crippen MR) is 106 cm³/mol. The Kier molecular flexibility index (Phi) is 5.07. The van der Waals surface area contributed by atoms with Gasteiger partial charge in [0.2, 0.25) is 0 Å².